The van der Waals surface area contributed by atoms with Gasteiger partial charge in [0.15, 0.2) is 0 Å². The van der Waals surface area contributed by atoms with E-state index < -0.39 is 24.0 Å². The topological polar surface area (TPSA) is 72.8 Å². The van der Waals surface area contributed by atoms with Gasteiger partial charge < -0.3 is 15.5 Å². The van der Waals surface area contributed by atoms with Crippen molar-refractivity contribution in [2.24, 2.45) is 0 Å². The molecule has 3 atom stereocenters. The third-order valence-corrected chi connectivity index (χ3v) is 3.76. The van der Waals surface area contributed by atoms with Crippen molar-refractivity contribution in [3.63, 3.8) is 0 Å². The molecule has 1 heterocycles. The molecule has 7 heteroatoms. The van der Waals surface area contributed by atoms with E-state index in [-0.39, 0.29) is 18.2 Å². The Bertz CT molecular complexity index is 513. The minimum atomic E-state index is -2.00. The molecule has 0 radical (unpaired) electrons. The molecule has 1 fully saturated rings. The first-order valence-corrected chi connectivity index (χ1v) is 6.55. The van der Waals surface area contributed by atoms with E-state index in [1.165, 1.54) is 13.0 Å². The molecule has 1 aliphatic rings. The highest BCUT2D eigenvalue weighted by Gasteiger charge is 2.48. The van der Waals surface area contributed by atoms with Crippen LogP contribution in [0.15, 0.2) is 24.3 Å². The van der Waals surface area contributed by atoms with E-state index in [1.54, 1.807) is 25.1 Å². The van der Waals surface area contributed by atoms with Crippen molar-refractivity contribution in [1.29, 1.82) is 0 Å². The SMILES string of the molecule is CC1CNC(Cc2cccc(O)c2)C(C)(F)N1C(=O)O.Cl. The van der Waals surface area contributed by atoms with Gasteiger partial charge in [-0.15, -0.1) is 12.4 Å². The van der Waals surface area contributed by atoms with Gasteiger partial charge in [0.25, 0.3) is 0 Å². The number of nitrogens with one attached hydrogen (secondary N) is 1. The molecular formula is C14H20ClFN2O3. The first-order valence-electron chi connectivity index (χ1n) is 6.55. The summed E-state index contributed by atoms with van der Waals surface area (Å²) in [5.74, 6) is -1.89. The molecule has 3 N–H and O–H groups in total. The van der Waals surface area contributed by atoms with Crippen LogP contribution in [0.2, 0.25) is 0 Å². The Balaban J connectivity index is 0.00000220. The molecule has 0 spiro atoms. The lowest BCUT2D eigenvalue weighted by molar-refractivity contribution is -0.0772. The number of halogens is 2. The Kier molecular flexibility index (Phi) is 5.42. The Morgan fingerprint density at radius 1 is 1.57 bits per heavy atom. The number of phenols is 1. The summed E-state index contributed by atoms with van der Waals surface area (Å²) in [6, 6.07) is 5.47. The highest BCUT2D eigenvalue weighted by Crippen LogP contribution is 2.30. The number of hydrogen-bond acceptors (Lipinski definition) is 3. The van der Waals surface area contributed by atoms with E-state index in [0.29, 0.717) is 13.0 Å². The summed E-state index contributed by atoms with van der Waals surface area (Å²) >= 11 is 0. The minimum absolute atomic E-state index is 0. The number of alkyl halides is 1. The maximum Gasteiger partial charge on any atom is 0.410 e. The molecule has 118 valence electrons. The quantitative estimate of drug-likeness (QED) is 0.732. The van der Waals surface area contributed by atoms with Gasteiger partial charge in [-0.3, -0.25) is 4.90 Å². The highest BCUT2D eigenvalue weighted by molar-refractivity contribution is 5.85. The number of benzene rings is 1. The van der Waals surface area contributed by atoms with Crippen LogP contribution in [0.3, 0.4) is 0 Å². The number of nitrogens with zero attached hydrogens (tertiary/aromatic N) is 1. The number of carboxylic acid groups (broad SMARTS) is 1. The van der Waals surface area contributed by atoms with Crippen molar-refractivity contribution in [2.45, 2.75) is 38.1 Å². The summed E-state index contributed by atoms with van der Waals surface area (Å²) in [5, 5.41) is 21.7. The standard InChI is InChI=1S/C14H19FN2O3.ClH/c1-9-8-16-12(14(2,15)17(9)13(19)20)7-10-4-3-5-11(18)6-10;/h3-6,9,12,16,18H,7-8H2,1-2H3,(H,19,20);1H. The fraction of sp³-hybridized carbons (Fsp3) is 0.500. The molecule has 1 aromatic rings. The van der Waals surface area contributed by atoms with Crippen molar-refractivity contribution in [3.05, 3.63) is 29.8 Å². The second kappa shape index (κ2) is 6.49. The second-order valence-corrected chi connectivity index (χ2v) is 5.36. The van der Waals surface area contributed by atoms with Crippen LogP contribution in [0.25, 0.3) is 0 Å². The van der Waals surface area contributed by atoms with E-state index in [2.05, 4.69) is 5.32 Å². The highest BCUT2D eigenvalue weighted by atomic mass is 35.5. The number of rotatable bonds is 2. The maximum absolute atomic E-state index is 14.9. The fourth-order valence-electron chi connectivity index (χ4n) is 2.74. The smallest absolute Gasteiger partial charge is 0.410 e. The summed E-state index contributed by atoms with van der Waals surface area (Å²) in [6.07, 6.45) is -0.956. The van der Waals surface area contributed by atoms with Crippen LogP contribution in [-0.4, -0.2) is 45.6 Å². The van der Waals surface area contributed by atoms with Gasteiger partial charge in [-0.05, 0) is 38.0 Å². The van der Waals surface area contributed by atoms with Gasteiger partial charge in [-0.1, -0.05) is 12.1 Å². The van der Waals surface area contributed by atoms with E-state index in [1.807, 2.05) is 0 Å². The van der Waals surface area contributed by atoms with Crippen molar-refractivity contribution >= 4 is 18.5 Å². The van der Waals surface area contributed by atoms with E-state index >= 15 is 0 Å². The van der Waals surface area contributed by atoms with Gasteiger partial charge in [0.05, 0.1) is 6.04 Å². The van der Waals surface area contributed by atoms with Gasteiger partial charge >= 0.3 is 6.09 Å². The van der Waals surface area contributed by atoms with Crippen LogP contribution < -0.4 is 5.32 Å². The fourth-order valence-corrected chi connectivity index (χ4v) is 2.74. The second-order valence-electron chi connectivity index (χ2n) is 5.36. The zero-order chi connectivity index (χ0) is 14.9. The third-order valence-electron chi connectivity index (χ3n) is 3.76. The van der Waals surface area contributed by atoms with Crippen LogP contribution in [0, 0.1) is 0 Å². The van der Waals surface area contributed by atoms with Crippen molar-refractivity contribution in [3.8, 4) is 5.75 Å². The summed E-state index contributed by atoms with van der Waals surface area (Å²) in [5.41, 5.74) is 0.756. The molecule has 0 saturated carbocycles. The molecule has 0 aromatic heterocycles. The lowest BCUT2D eigenvalue weighted by Crippen LogP contribution is -2.68. The van der Waals surface area contributed by atoms with Gasteiger partial charge in [0.1, 0.15) is 5.75 Å². The zero-order valence-electron chi connectivity index (χ0n) is 11.9. The molecule has 1 aromatic carbocycles. The summed E-state index contributed by atoms with van der Waals surface area (Å²) in [4.78, 5) is 12.1. The number of phenolic OH excluding ortho intramolecular Hbond substituents is 1. The van der Waals surface area contributed by atoms with Crippen LogP contribution in [-0.2, 0) is 6.42 Å². The monoisotopic (exact) mass is 318 g/mol. The number of hydrogen-bond donors (Lipinski definition) is 3. The molecule has 1 amide bonds. The van der Waals surface area contributed by atoms with Crippen LogP contribution in [0.5, 0.6) is 5.75 Å². The number of aromatic hydroxyl groups is 1. The van der Waals surface area contributed by atoms with Crippen molar-refractivity contribution < 1.29 is 19.4 Å². The predicted molar refractivity (Wildman–Crippen MR) is 79.7 cm³/mol. The van der Waals surface area contributed by atoms with Crippen LogP contribution in [0.1, 0.15) is 19.4 Å². The zero-order valence-corrected chi connectivity index (χ0v) is 12.7. The molecule has 1 saturated heterocycles. The van der Waals surface area contributed by atoms with Crippen molar-refractivity contribution in [1.82, 2.24) is 10.2 Å². The van der Waals surface area contributed by atoms with Gasteiger partial charge in [0.2, 0.25) is 5.79 Å². The van der Waals surface area contributed by atoms with Crippen molar-refractivity contribution in [2.75, 3.05) is 6.54 Å². The Morgan fingerprint density at radius 3 is 2.81 bits per heavy atom. The lowest BCUT2D eigenvalue weighted by Gasteiger charge is -2.47. The number of carbonyl (C=O) groups is 1. The Labute approximate surface area is 129 Å². The normalized spacial score (nSPS) is 28.8. The van der Waals surface area contributed by atoms with Crippen LogP contribution >= 0.6 is 12.4 Å². The maximum atomic E-state index is 14.9. The first-order chi connectivity index (χ1) is 9.32. The Morgan fingerprint density at radius 2 is 2.24 bits per heavy atom. The number of amides is 1. The van der Waals surface area contributed by atoms with Gasteiger partial charge in [-0.2, -0.15) is 0 Å². The molecule has 21 heavy (non-hydrogen) atoms. The van der Waals surface area contributed by atoms with Gasteiger partial charge in [0, 0.05) is 12.6 Å². The largest absolute Gasteiger partial charge is 0.508 e. The predicted octanol–water partition coefficient (Wildman–Crippen LogP) is 2.38. The molecule has 5 nitrogen and oxygen atoms in total. The minimum Gasteiger partial charge on any atom is -0.508 e. The molecule has 2 rings (SSSR count). The Hall–Kier alpha value is -1.53. The average Bonchev–Trinajstić information content (AvgIpc) is 2.32. The molecule has 3 unspecified atom stereocenters. The summed E-state index contributed by atoms with van der Waals surface area (Å²) in [7, 11) is 0. The average molecular weight is 319 g/mol. The lowest BCUT2D eigenvalue weighted by atomic mass is 9.93. The van der Waals surface area contributed by atoms with E-state index in [4.69, 9.17) is 0 Å². The third kappa shape index (κ3) is 3.57. The molecule has 1 aliphatic heterocycles. The van der Waals surface area contributed by atoms with Gasteiger partial charge in [-0.25, -0.2) is 9.18 Å². The van der Waals surface area contributed by atoms with E-state index in [0.717, 1.165) is 10.5 Å². The first kappa shape index (κ1) is 17.5. The van der Waals surface area contributed by atoms with Crippen LogP contribution in [0.4, 0.5) is 9.18 Å². The molecule has 0 bridgehead atoms. The molecular weight excluding hydrogens is 299 g/mol. The molecule has 0 aliphatic carbocycles. The number of piperazine rings is 1. The summed E-state index contributed by atoms with van der Waals surface area (Å²) < 4.78 is 14.9. The van der Waals surface area contributed by atoms with E-state index in [9.17, 15) is 19.4 Å². The summed E-state index contributed by atoms with van der Waals surface area (Å²) in [6.45, 7) is 3.34.